The molecule has 9 heteroatoms. The van der Waals surface area contributed by atoms with Crippen molar-refractivity contribution in [3.63, 3.8) is 0 Å². The molecule has 1 aromatic heterocycles. The van der Waals surface area contributed by atoms with Crippen LogP contribution in [-0.2, 0) is 4.79 Å². The number of piperidine rings is 1. The van der Waals surface area contributed by atoms with Gasteiger partial charge in [0.25, 0.3) is 0 Å². The van der Waals surface area contributed by atoms with Crippen LogP contribution in [0.1, 0.15) is 36.9 Å². The van der Waals surface area contributed by atoms with Gasteiger partial charge in [0.2, 0.25) is 17.6 Å². The number of amides is 1. The van der Waals surface area contributed by atoms with E-state index in [-0.39, 0.29) is 30.6 Å². The Morgan fingerprint density at radius 3 is 2.69 bits per heavy atom. The van der Waals surface area contributed by atoms with E-state index in [1.807, 2.05) is 0 Å². The predicted octanol–water partition coefficient (Wildman–Crippen LogP) is 2.57. The van der Waals surface area contributed by atoms with E-state index in [0.717, 1.165) is 6.08 Å². The third kappa shape index (κ3) is 4.04. The van der Waals surface area contributed by atoms with Gasteiger partial charge < -0.3 is 15.2 Å². The first kappa shape index (κ1) is 18.4. The molecule has 0 atom stereocenters. The van der Waals surface area contributed by atoms with Crippen molar-refractivity contribution in [2.45, 2.75) is 31.4 Å². The minimum absolute atomic E-state index is 0.0106. The SMILES string of the molecule is NCC(=O)N1CCC(c2nc(C3=CC=C(C(F)(F)F)CC=C3)no2)CC1. The molecular weight excluding hydrogens is 349 g/mol. The van der Waals surface area contributed by atoms with Crippen LogP contribution in [0.4, 0.5) is 13.2 Å². The summed E-state index contributed by atoms with van der Waals surface area (Å²) in [5.41, 5.74) is 5.21. The highest BCUT2D eigenvalue weighted by Crippen LogP contribution is 2.32. The molecule has 1 aliphatic carbocycles. The van der Waals surface area contributed by atoms with E-state index < -0.39 is 11.7 Å². The summed E-state index contributed by atoms with van der Waals surface area (Å²) in [6.07, 6.45) is 2.21. The first-order valence-electron chi connectivity index (χ1n) is 8.35. The largest absolute Gasteiger partial charge is 0.412 e. The molecule has 26 heavy (non-hydrogen) atoms. The minimum Gasteiger partial charge on any atom is -0.342 e. The molecule has 0 bridgehead atoms. The molecule has 0 spiro atoms. The molecule has 0 radical (unpaired) electrons. The smallest absolute Gasteiger partial charge is 0.342 e. The molecule has 1 aromatic rings. The van der Waals surface area contributed by atoms with Crippen LogP contribution in [-0.4, -0.2) is 46.8 Å². The first-order valence-corrected chi connectivity index (χ1v) is 8.35. The van der Waals surface area contributed by atoms with Gasteiger partial charge in [0, 0.05) is 30.2 Å². The third-order valence-electron chi connectivity index (χ3n) is 4.53. The van der Waals surface area contributed by atoms with Crippen LogP contribution in [0, 0.1) is 0 Å². The Balaban J connectivity index is 1.70. The highest BCUT2D eigenvalue weighted by molar-refractivity contribution is 5.78. The minimum atomic E-state index is -4.35. The van der Waals surface area contributed by atoms with E-state index >= 15 is 0 Å². The molecule has 0 saturated carbocycles. The van der Waals surface area contributed by atoms with Crippen molar-refractivity contribution < 1.29 is 22.5 Å². The van der Waals surface area contributed by atoms with Crippen LogP contribution in [0.2, 0.25) is 0 Å². The standard InChI is InChI=1S/C17H19F3N4O2/c18-17(19,20)13-3-1-2-11(4-5-13)15-22-16(26-23-15)12-6-8-24(9-7-12)14(25)10-21/h1-2,4-5,12H,3,6-10,21H2. The van der Waals surface area contributed by atoms with E-state index in [9.17, 15) is 18.0 Å². The molecule has 1 aliphatic heterocycles. The molecule has 140 valence electrons. The third-order valence-corrected chi connectivity index (χ3v) is 4.53. The molecule has 6 nitrogen and oxygen atoms in total. The van der Waals surface area contributed by atoms with E-state index in [1.165, 1.54) is 12.2 Å². The maximum atomic E-state index is 12.8. The molecule has 2 aliphatic rings. The van der Waals surface area contributed by atoms with Gasteiger partial charge in [0.05, 0.1) is 6.54 Å². The summed E-state index contributed by atoms with van der Waals surface area (Å²) >= 11 is 0. The zero-order valence-corrected chi connectivity index (χ0v) is 14.0. The van der Waals surface area contributed by atoms with Crippen molar-refractivity contribution in [2.24, 2.45) is 5.73 Å². The Morgan fingerprint density at radius 1 is 1.31 bits per heavy atom. The van der Waals surface area contributed by atoms with Gasteiger partial charge >= 0.3 is 6.18 Å². The number of carbonyl (C=O) groups excluding carboxylic acids is 1. The van der Waals surface area contributed by atoms with Crippen molar-refractivity contribution in [1.82, 2.24) is 15.0 Å². The highest BCUT2D eigenvalue weighted by Gasteiger charge is 2.32. The fourth-order valence-electron chi connectivity index (χ4n) is 3.01. The van der Waals surface area contributed by atoms with Crippen molar-refractivity contribution in [2.75, 3.05) is 19.6 Å². The lowest BCUT2D eigenvalue weighted by Gasteiger charge is -2.30. The second kappa shape index (κ2) is 7.45. The number of halogens is 3. The molecule has 1 amide bonds. The highest BCUT2D eigenvalue weighted by atomic mass is 19.4. The van der Waals surface area contributed by atoms with E-state index in [0.29, 0.717) is 37.4 Å². The van der Waals surface area contributed by atoms with Gasteiger partial charge in [-0.2, -0.15) is 18.2 Å². The first-order chi connectivity index (χ1) is 12.4. The number of hydrogen-bond acceptors (Lipinski definition) is 5. The van der Waals surface area contributed by atoms with Crippen LogP contribution >= 0.6 is 0 Å². The van der Waals surface area contributed by atoms with Gasteiger partial charge in [0.1, 0.15) is 0 Å². The lowest BCUT2D eigenvalue weighted by Crippen LogP contribution is -2.41. The van der Waals surface area contributed by atoms with Gasteiger partial charge in [-0.15, -0.1) is 0 Å². The normalized spacial score (nSPS) is 19.2. The molecule has 3 rings (SSSR count). The Hall–Kier alpha value is -2.42. The Bertz CT molecular complexity index is 756. The summed E-state index contributed by atoms with van der Waals surface area (Å²) in [5, 5.41) is 3.90. The van der Waals surface area contributed by atoms with Gasteiger partial charge in [0.15, 0.2) is 0 Å². The number of alkyl halides is 3. The summed E-state index contributed by atoms with van der Waals surface area (Å²) in [6, 6.07) is 0. The monoisotopic (exact) mass is 368 g/mol. The summed E-state index contributed by atoms with van der Waals surface area (Å²) < 4.78 is 43.7. The summed E-state index contributed by atoms with van der Waals surface area (Å²) in [6.45, 7) is 1.13. The molecule has 2 N–H and O–H groups in total. The zero-order valence-electron chi connectivity index (χ0n) is 14.0. The van der Waals surface area contributed by atoms with Crippen molar-refractivity contribution in [3.05, 3.63) is 41.6 Å². The Kier molecular flexibility index (Phi) is 5.26. The van der Waals surface area contributed by atoms with E-state index in [2.05, 4.69) is 10.1 Å². The molecule has 1 fully saturated rings. The molecular formula is C17H19F3N4O2. The average Bonchev–Trinajstić information content (AvgIpc) is 2.97. The van der Waals surface area contributed by atoms with E-state index in [4.69, 9.17) is 10.3 Å². The number of hydrogen-bond donors (Lipinski definition) is 1. The topological polar surface area (TPSA) is 85.3 Å². The van der Waals surface area contributed by atoms with Crippen molar-refractivity contribution in [3.8, 4) is 0 Å². The molecule has 1 saturated heterocycles. The van der Waals surface area contributed by atoms with Gasteiger partial charge in [-0.1, -0.05) is 29.5 Å². The van der Waals surface area contributed by atoms with Crippen molar-refractivity contribution >= 4 is 11.5 Å². The number of carbonyl (C=O) groups is 1. The second-order valence-corrected chi connectivity index (χ2v) is 6.23. The van der Waals surface area contributed by atoms with Gasteiger partial charge in [-0.25, -0.2) is 0 Å². The number of nitrogens with two attached hydrogens (primary N) is 1. The van der Waals surface area contributed by atoms with Crippen LogP contribution in [0.25, 0.3) is 5.57 Å². The number of nitrogens with zero attached hydrogens (tertiary/aromatic N) is 3. The number of likely N-dealkylation sites (tertiary alicyclic amines) is 1. The summed E-state index contributed by atoms with van der Waals surface area (Å²) in [4.78, 5) is 17.6. The van der Waals surface area contributed by atoms with Crippen molar-refractivity contribution in [1.29, 1.82) is 0 Å². The number of rotatable bonds is 3. The lowest BCUT2D eigenvalue weighted by atomic mass is 9.96. The quantitative estimate of drug-likeness (QED) is 0.886. The fraction of sp³-hybridized carbons (Fsp3) is 0.471. The van der Waals surface area contributed by atoms with Crippen LogP contribution in [0.5, 0.6) is 0 Å². The van der Waals surface area contributed by atoms with Gasteiger partial charge in [-0.3, -0.25) is 4.79 Å². The average molecular weight is 368 g/mol. The maximum Gasteiger partial charge on any atom is 0.412 e. The Labute approximate surface area is 148 Å². The molecule has 0 aromatic carbocycles. The fourth-order valence-corrected chi connectivity index (χ4v) is 3.01. The van der Waals surface area contributed by atoms with E-state index in [1.54, 1.807) is 11.0 Å². The number of allylic oxidation sites excluding steroid dienone is 6. The number of aromatic nitrogens is 2. The summed E-state index contributed by atoms with van der Waals surface area (Å²) in [7, 11) is 0. The second-order valence-electron chi connectivity index (χ2n) is 6.23. The predicted molar refractivity (Wildman–Crippen MR) is 87.8 cm³/mol. The van der Waals surface area contributed by atoms with Crippen LogP contribution in [0.3, 0.4) is 0 Å². The summed E-state index contributed by atoms with van der Waals surface area (Å²) in [5.74, 6) is 0.639. The lowest BCUT2D eigenvalue weighted by molar-refractivity contribution is -0.130. The zero-order chi connectivity index (χ0) is 18.7. The maximum absolute atomic E-state index is 12.8. The Morgan fingerprint density at radius 2 is 2.04 bits per heavy atom. The van der Waals surface area contributed by atoms with Gasteiger partial charge in [-0.05, 0) is 19.3 Å². The van der Waals surface area contributed by atoms with Crippen LogP contribution in [0.15, 0.2) is 34.4 Å². The molecule has 0 unspecified atom stereocenters. The molecule has 2 heterocycles. The van der Waals surface area contributed by atoms with Crippen LogP contribution < -0.4 is 5.73 Å².